The van der Waals surface area contributed by atoms with E-state index in [1.54, 1.807) is 35.3 Å². The van der Waals surface area contributed by atoms with Gasteiger partial charge in [0.25, 0.3) is 0 Å². The van der Waals surface area contributed by atoms with Crippen LogP contribution in [0, 0.1) is 0 Å². The van der Waals surface area contributed by atoms with Crippen LogP contribution in [-0.4, -0.2) is 20.7 Å². The molecule has 0 aliphatic heterocycles. The van der Waals surface area contributed by atoms with Gasteiger partial charge >= 0.3 is 0 Å². The zero-order valence-corrected chi connectivity index (χ0v) is 12.4. The Morgan fingerprint density at radius 3 is 2.77 bits per heavy atom. The molecule has 110 valence electrons. The molecule has 3 aromatic rings. The van der Waals surface area contributed by atoms with Crippen LogP contribution in [0.15, 0.2) is 60.9 Å². The Morgan fingerprint density at radius 2 is 2.00 bits per heavy atom. The van der Waals surface area contributed by atoms with Crippen LogP contribution in [0.4, 0.5) is 5.82 Å². The van der Waals surface area contributed by atoms with Crippen LogP contribution in [0.2, 0.25) is 5.15 Å². The van der Waals surface area contributed by atoms with Gasteiger partial charge in [0, 0.05) is 24.5 Å². The van der Waals surface area contributed by atoms with Crippen molar-refractivity contribution in [1.82, 2.24) is 14.8 Å². The summed E-state index contributed by atoms with van der Waals surface area (Å²) in [5.41, 5.74) is 1.74. The van der Waals surface area contributed by atoms with Crippen molar-refractivity contribution in [2.24, 2.45) is 0 Å². The largest absolute Gasteiger partial charge is 0.309 e. The molecule has 5 nitrogen and oxygen atoms in total. The lowest BCUT2D eigenvalue weighted by molar-refractivity contribution is -0.115. The smallest absolute Gasteiger partial charge is 0.229 e. The molecule has 2 aromatic heterocycles. The van der Waals surface area contributed by atoms with E-state index in [4.69, 9.17) is 11.6 Å². The molecular weight excluding hydrogens is 300 g/mol. The second-order valence-electron chi connectivity index (χ2n) is 4.69. The number of nitrogens with one attached hydrogen (secondary N) is 1. The zero-order chi connectivity index (χ0) is 15.4. The first-order valence-electron chi connectivity index (χ1n) is 6.72. The lowest BCUT2D eigenvalue weighted by Crippen LogP contribution is -2.14. The van der Waals surface area contributed by atoms with Gasteiger partial charge in [-0.25, -0.2) is 9.67 Å². The number of pyridine rings is 1. The Morgan fingerprint density at radius 1 is 1.18 bits per heavy atom. The van der Waals surface area contributed by atoms with E-state index in [0.717, 1.165) is 11.3 Å². The van der Waals surface area contributed by atoms with Crippen molar-refractivity contribution in [1.29, 1.82) is 0 Å². The predicted molar refractivity (Wildman–Crippen MR) is 85.1 cm³/mol. The first-order valence-corrected chi connectivity index (χ1v) is 7.10. The highest BCUT2D eigenvalue weighted by molar-refractivity contribution is 6.29. The second kappa shape index (κ2) is 6.41. The van der Waals surface area contributed by atoms with Gasteiger partial charge < -0.3 is 5.32 Å². The van der Waals surface area contributed by atoms with Gasteiger partial charge in [-0.3, -0.25) is 4.79 Å². The summed E-state index contributed by atoms with van der Waals surface area (Å²) in [5, 5.41) is 7.47. The molecular formula is C16H13ClN4O. The normalized spacial score (nSPS) is 10.4. The molecule has 0 spiro atoms. The number of hydrogen-bond acceptors (Lipinski definition) is 3. The van der Waals surface area contributed by atoms with Crippen LogP contribution in [0.1, 0.15) is 5.56 Å². The van der Waals surface area contributed by atoms with E-state index in [1.165, 1.54) is 0 Å². The highest BCUT2D eigenvalue weighted by Crippen LogP contribution is 2.13. The second-order valence-corrected chi connectivity index (χ2v) is 5.08. The Balaban J connectivity index is 1.68. The summed E-state index contributed by atoms with van der Waals surface area (Å²) in [6.45, 7) is 0. The molecule has 0 saturated heterocycles. The number of halogens is 1. The summed E-state index contributed by atoms with van der Waals surface area (Å²) >= 11 is 5.85. The molecule has 0 aliphatic carbocycles. The van der Waals surface area contributed by atoms with Crippen molar-refractivity contribution >= 4 is 23.3 Å². The van der Waals surface area contributed by atoms with E-state index in [1.807, 2.05) is 30.3 Å². The fraction of sp³-hybridized carbons (Fsp3) is 0.0625. The molecule has 0 radical (unpaired) electrons. The third-order valence-electron chi connectivity index (χ3n) is 3.04. The van der Waals surface area contributed by atoms with Crippen molar-refractivity contribution in [2.45, 2.75) is 6.42 Å². The molecule has 0 aliphatic rings. The van der Waals surface area contributed by atoms with E-state index in [2.05, 4.69) is 15.4 Å². The van der Waals surface area contributed by atoms with E-state index in [-0.39, 0.29) is 5.91 Å². The third kappa shape index (κ3) is 3.51. The van der Waals surface area contributed by atoms with E-state index in [0.29, 0.717) is 17.4 Å². The van der Waals surface area contributed by atoms with Gasteiger partial charge in [0.1, 0.15) is 5.15 Å². The Labute approximate surface area is 132 Å². The lowest BCUT2D eigenvalue weighted by Gasteiger charge is -2.03. The summed E-state index contributed by atoms with van der Waals surface area (Å²) in [6, 6.07) is 14.8. The zero-order valence-electron chi connectivity index (χ0n) is 11.6. The Bertz CT molecular complexity index is 786. The van der Waals surface area contributed by atoms with Crippen molar-refractivity contribution in [3.05, 3.63) is 71.6 Å². The predicted octanol–water partition coefficient (Wildman–Crippen LogP) is 3.10. The standard InChI is InChI=1S/C16H13ClN4O/c17-14-11-13(6-8-18-14)21-9-7-15(20-21)19-16(22)10-12-4-2-1-3-5-12/h1-9,11H,10H2,(H,19,20,22). The Hall–Kier alpha value is -2.66. The van der Waals surface area contributed by atoms with Crippen molar-refractivity contribution in [3.63, 3.8) is 0 Å². The monoisotopic (exact) mass is 312 g/mol. The molecule has 6 heteroatoms. The third-order valence-corrected chi connectivity index (χ3v) is 3.25. The number of nitrogens with zero attached hydrogens (tertiary/aromatic N) is 3. The van der Waals surface area contributed by atoms with Crippen LogP contribution in [0.25, 0.3) is 5.69 Å². The minimum Gasteiger partial charge on any atom is -0.309 e. The molecule has 1 N–H and O–H groups in total. The Kier molecular flexibility index (Phi) is 4.16. The molecule has 0 saturated carbocycles. The van der Waals surface area contributed by atoms with Crippen LogP contribution in [0.5, 0.6) is 0 Å². The quantitative estimate of drug-likeness (QED) is 0.753. The maximum atomic E-state index is 12.0. The number of benzene rings is 1. The first kappa shape index (κ1) is 14.3. The fourth-order valence-corrected chi connectivity index (χ4v) is 2.21. The summed E-state index contributed by atoms with van der Waals surface area (Å²) in [4.78, 5) is 15.9. The average Bonchev–Trinajstić information content (AvgIpc) is 2.96. The maximum Gasteiger partial charge on any atom is 0.229 e. The minimum atomic E-state index is -0.107. The van der Waals surface area contributed by atoms with Gasteiger partial charge in [0.15, 0.2) is 5.82 Å². The van der Waals surface area contributed by atoms with Crippen molar-refractivity contribution in [2.75, 3.05) is 5.32 Å². The van der Waals surface area contributed by atoms with Gasteiger partial charge in [0.2, 0.25) is 5.91 Å². The number of rotatable bonds is 4. The number of amides is 1. The lowest BCUT2D eigenvalue weighted by atomic mass is 10.1. The number of carbonyl (C=O) groups is 1. The summed E-state index contributed by atoms with van der Waals surface area (Å²) in [5.74, 6) is 0.387. The fourth-order valence-electron chi connectivity index (χ4n) is 2.04. The first-order chi connectivity index (χ1) is 10.7. The summed E-state index contributed by atoms with van der Waals surface area (Å²) < 4.78 is 1.63. The van der Waals surface area contributed by atoms with Crippen molar-refractivity contribution < 1.29 is 4.79 Å². The average molecular weight is 313 g/mol. The van der Waals surface area contributed by atoms with Crippen LogP contribution in [-0.2, 0) is 11.2 Å². The number of carbonyl (C=O) groups excluding carboxylic acids is 1. The highest BCUT2D eigenvalue weighted by atomic mass is 35.5. The van der Waals surface area contributed by atoms with Gasteiger partial charge in [-0.1, -0.05) is 41.9 Å². The van der Waals surface area contributed by atoms with E-state index >= 15 is 0 Å². The topological polar surface area (TPSA) is 59.8 Å². The van der Waals surface area contributed by atoms with Gasteiger partial charge in [-0.05, 0) is 11.6 Å². The molecule has 0 fully saturated rings. The maximum absolute atomic E-state index is 12.0. The number of hydrogen-bond donors (Lipinski definition) is 1. The minimum absolute atomic E-state index is 0.107. The molecule has 0 atom stereocenters. The van der Waals surface area contributed by atoms with Crippen LogP contribution in [0.3, 0.4) is 0 Å². The molecule has 0 unspecified atom stereocenters. The number of aromatic nitrogens is 3. The summed E-state index contributed by atoms with van der Waals surface area (Å²) in [6.07, 6.45) is 3.67. The molecule has 0 bridgehead atoms. The summed E-state index contributed by atoms with van der Waals surface area (Å²) in [7, 11) is 0. The molecule has 3 rings (SSSR count). The van der Waals surface area contributed by atoms with Crippen molar-refractivity contribution in [3.8, 4) is 5.69 Å². The molecule has 1 amide bonds. The highest BCUT2D eigenvalue weighted by Gasteiger charge is 2.07. The van der Waals surface area contributed by atoms with E-state index in [9.17, 15) is 4.79 Å². The van der Waals surface area contributed by atoms with Gasteiger partial charge in [-0.2, -0.15) is 5.10 Å². The van der Waals surface area contributed by atoms with Crippen LogP contribution < -0.4 is 5.32 Å². The van der Waals surface area contributed by atoms with Crippen LogP contribution >= 0.6 is 11.6 Å². The number of anilines is 1. The molecule has 22 heavy (non-hydrogen) atoms. The van der Waals surface area contributed by atoms with Gasteiger partial charge in [0.05, 0.1) is 12.1 Å². The SMILES string of the molecule is O=C(Cc1ccccc1)Nc1ccn(-c2ccnc(Cl)c2)n1. The van der Waals surface area contributed by atoms with Gasteiger partial charge in [-0.15, -0.1) is 0 Å². The molecule has 1 aromatic carbocycles. The molecule has 2 heterocycles. The van der Waals surface area contributed by atoms with E-state index < -0.39 is 0 Å².